The van der Waals surface area contributed by atoms with Crippen molar-refractivity contribution in [3.63, 3.8) is 0 Å². The van der Waals surface area contributed by atoms with Crippen LogP contribution >= 0.6 is 11.3 Å². The number of pyridine rings is 1. The molecule has 1 fully saturated rings. The van der Waals surface area contributed by atoms with Gasteiger partial charge in [-0.3, -0.25) is 4.79 Å². The average Bonchev–Trinajstić information content (AvgIpc) is 3.54. The van der Waals surface area contributed by atoms with E-state index < -0.39 is 0 Å². The van der Waals surface area contributed by atoms with Crippen LogP contribution in [0.2, 0.25) is 0 Å². The van der Waals surface area contributed by atoms with Gasteiger partial charge in [0.25, 0.3) is 0 Å². The number of nitrogens with zero attached hydrogens (tertiary/aromatic N) is 1. The minimum absolute atomic E-state index is 0. The van der Waals surface area contributed by atoms with E-state index in [1.165, 1.54) is 85.1 Å². The van der Waals surface area contributed by atoms with E-state index in [4.69, 9.17) is 0 Å². The molecule has 0 bridgehead atoms. The van der Waals surface area contributed by atoms with Crippen molar-refractivity contribution in [3.05, 3.63) is 103 Å². The number of aromatic nitrogens is 1. The zero-order valence-corrected chi connectivity index (χ0v) is 39.7. The molecule has 0 saturated heterocycles. The summed E-state index contributed by atoms with van der Waals surface area (Å²) >= 11 is 1.94. The summed E-state index contributed by atoms with van der Waals surface area (Å²) in [5.74, 6) is 0.963. The second kappa shape index (κ2) is 17.4. The van der Waals surface area contributed by atoms with Crippen molar-refractivity contribution in [3.8, 4) is 11.3 Å². The maximum atomic E-state index is 12.2. The van der Waals surface area contributed by atoms with Crippen LogP contribution in [0.3, 0.4) is 0 Å². The molecule has 3 aromatic carbocycles. The number of hydrogen-bond acceptors (Lipinski definition) is 3. The first-order valence-corrected chi connectivity index (χ1v) is 21.6. The van der Waals surface area contributed by atoms with Crippen LogP contribution in [0.1, 0.15) is 156 Å². The van der Waals surface area contributed by atoms with Crippen LogP contribution in [0.15, 0.2) is 66.6 Å². The predicted octanol–water partition coefficient (Wildman–Crippen LogP) is 14.9. The van der Waals surface area contributed by atoms with Gasteiger partial charge < -0.3 is 9.67 Å². The van der Waals surface area contributed by atoms with Crippen molar-refractivity contribution in [1.82, 2.24) is 0 Å². The van der Waals surface area contributed by atoms with Crippen molar-refractivity contribution >= 4 is 48.1 Å². The molecule has 0 spiro atoms. The number of allylic oxidation sites excluding steroid dienone is 2. The Morgan fingerprint density at radius 2 is 1.41 bits per heavy atom. The van der Waals surface area contributed by atoms with Gasteiger partial charge in [-0.05, 0) is 103 Å². The number of ketones is 1. The monoisotopic (exact) mass is 951 g/mol. The summed E-state index contributed by atoms with van der Waals surface area (Å²) in [5, 5.41) is 15.3. The molecule has 0 amide bonds. The molecule has 1 N–H and O–H groups in total. The second-order valence-corrected chi connectivity index (χ2v) is 19.8. The maximum Gasteiger partial charge on any atom is 0.164 e. The number of aliphatic hydroxyl groups excluding tert-OH is 1. The van der Waals surface area contributed by atoms with E-state index >= 15 is 0 Å². The molecule has 2 aromatic heterocycles. The zero-order valence-electron chi connectivity index (χ0n) is 36.5. The van der Waals surface area contributed by atoms with E-state index in [2.05, 4.69) is 115 Å². The van der Waals surface area contributed by atoms with Crippen LogP contribution in [0.25, 0.3) is 42.2 Å². The molecule has 1 aliphatic rings. The van der Waals surface area contributed by atoms with Gasteiger partial charge in [-0.15, -0.1) is 34.4 Å². The van der Waals surface area contributed by atoms with E-state index in [-0.39, 0.29) is 47.9 Å². The van der Waals surface area contributed by atoms with Crippen LogP contribution in [-0.4, -0.2) is 10.9 Å². The molecule has 0 unspecified atom stereocenters. The standard InChI is InChI=1S/C36H40NS.C15H28O2.Ir/c1-22-26-11-9-10-12-27(26)31(35(3,4)5)21-30(22)32-34-29(17-20-37(32)8)28-14-13-25(23(2)33(28)38-34)24-15-18-36(6,7)19-16-24;1-7-14(5,8-2)12(16)11-13(17)15(6,9-3)10-4;/h9-14,17,20-21,24H,1,8,15-16,18-19H2,2-7H3;11,16H,7-10H2,1-6H3;/q-1;;/b;12-11-;. The Hall–Kier alpha value is -3.11. The molecule has 0 aliphatic heterocycles. The van der Waals surface area contributed by atoms with Gasteiger partial charge >= 0.3 is 0 Å². The van der Waals surface area contributed by atoms with Crippen LogP contribution in [-0.2, 0) is 30.3 Å². The fourth-order valence-corrected chi connectivity index (χ4v) is 9.80. The predicted molar refractivity (Wildman–Crippen MR) is 239 cm³/mol. The molecule has 3 nitrogen and oxygen atoms in total. The normalized spacial score (nSPS) is 15.5. The third-order valence-corrected chi connectivity index (χ3v) is 15.1. The number of aliphatic hydroxyl groups is 1. The van der Waals surface area contributed by atoms with Gasteiger partial charge in [0.1, 0.15) is 5.76 Å². The molecule has 2 heterocycles. The Balaban J connectivity index is 0.000000330. The van der Waals surface area contributed by atoms with Gasteiger partial charge in [-0.1, -0.05) is 117 Å². The summed E-state index contributed by atoms with van der Waals surface area (Å²) in [6.45, 7) is 30.8. The zero-order chi connectivity index (χ0) is 40.7. The molecule has 6 rings (SSSR count). The Morgan fingerprint density at radius 1 is 0.857 bits per heavy atom. The number of aryl methyl sites for hydroxylation is 1. The number of carbonyl (C=O) groups is 1. The fourth-order valence-electron chi connectivity index (χ4n) is 8.42. The molecule has 5 heteroatoms. The third-order valence-electron chi connectivity index (χ3n) is 13.7. The summed E-state index contributed by atoms with van der Waals surface area (Å²) in [6, 6.07) is 18.2. The first-order chi connectivity index (χ1) is 25.8. The average molecular weight is 951 g/mol. The van der Waals surface area contributed by atoms with E-state index in [1.807, 2.05) is 52.9 Å². The molecular formula is C51H68IrNO2S-. The first kappa shape index (κ1) is 45.6. The van der Waals surface area contributed by atoms with Gasteiger partial charge in [0.05, 0.1) is 11.9 Å². The molecule has 56 heavy (non-hydrogen) atoms. The first-order valence-electron chi connectivity index (χ1n) is 20.8. The molecule has 1 radical (unpaired) electrons. The van der Waals surface area contributed by atoms with Crippen LogP contribution < -0.4 is 4.57 Å². The van der Waals surface area contributed by atoms with Crippen LogP contribution in [0, 0.1) is 37.1 Å². The summed E-state index contributed by atoms with van der Waals surface area (Å²) in [6.07, 6.45) is 12.1. The minimum atomic E-state index is -0.337. The number of rotatable bonds is 9. The Morgan fingerprint density at radius 3 is 1.96 bits per heavy atom. The third kappa shape index (κ3) is 8.81. The van der Waals surface area contributed by atoms with E-state index in [0.29, 0.717) is 11.3 Å². The summed E-state index contributed by atoms with van der Waals surface area (Å²) in [5.41, 5.74) is 7.72. The van der Waals surface area contributed by atoms with Gasteiger partial charge in [-0.25, -0.2) is 0 Å². The summed E-state index contributed by atoms with van der Waals surface area (Å²) < 4.78 is 4.79. The van der Waals surface area contributed by atoms with Gasteiger partial charge in [-0.2, -0.15) is 12.5 Å². The quantitative estimate of drug-likeness (QED) is 0.0692. The Kier molecular flexibility index (Phi) is 14.2. The van der Waals surface area contributed by atoms with Crippen molar-refractivity contribution < 1.29 is 34.6 Å². The SMILES string of the molecule is CCC(C)(CC)C(=O)/C=C(\O)C(C)(CC)CC.[CH2-]c1c(-c2c3sc4c(C)c(C5CCC(C)(C)CC5)ccc4c3cc[n+]2[CH2-])cc(C(C)(C)C)c2ccccc12.[Ir]. The van der Waals surface area contributed by atoms with Crippen molar-refractivity contribution in [2.45, 2.75) is 146 Å². The smallest absolute Gasteiger partial charge is 0.164 e. The molecule has 305 valence electrons. The van der Waals surface area contributed by atoms with E-state index in [1.54, 1.807) is 5.56 Å². The van der Waals surface area contributed by atoms with Gasteiger partial charge in [0.2, 0.25) is 0 Å². The Labute approximate surface area is 356 Å². The van der Waals surface area contributed by atoms with Crippen molar-refractivity contribution in [1.29, 1.82) is 0 Å². The summed E-state index contributed by atoms with van der Waals surface area (Å²) in [4.78, 5) is 12.2. The number of benzene rings is 3. The van der Waals surface area contributed by atoms with Crippen molar-refractivity contribution in [2.75, 3.05) is 0 Å². The number of fused-ring (bicyclic) bond motifs is 4. The largest absolute Gasteiger partial charge is 0.512 e. The van der Waals surface area contributed by atoms with Gasteiger partial charge in [0, 0.05) is 53.5 Å². The van der Waals surface area contributed by atoms with E-state index in [9.17, 15) is 9.90 Å². The maximum absolute atomic E-state index is 12.2. The summed E-state index contributed by atoms with van der Waals surface area (Å²) in [7, 11) is 4.45. The van der Waals surface area contributed by atoms with E-state index in [0.717, 1.165) is 31.2 Å². The van der Waals surface area contributed by atoms with Crippen LogP contribution in [0.4, 0.5) is 0 Å². The number of hydrogen-bond donors (Lipinski definition) is 1. The molecule has 0 atom stereocenters. The van der Waals surface area contributed by atoms with Gasteiger partial charge in [0.15, 0.2) is 5.78 Å². The van der Waals surface area contributed by atoms with Crippen LogP contribution in [0.5, 0.6) is 0 Å². The molecule has 1 saturated carbocycles. The molecule has 1 aliphatic carbocycles. The molecular weight excluding hydrogens is 883 g/mol. The fraction of sp³-hybridized carbons (Fsp3) is 0.490. The number of thiophene rings is 1. The molecule has 5 aromatic rings. The van der Waals surface area contributed by atoms with Crippen molar-refractivity contribution in [2.24, 2.45) is 16.2 Å². The number of carbonyl (C=O) groups excluding carboxylic acids is 1. The topological polar surface area (TPSA) is 41.2 Å². The minimum Gasteiger partial charge on any atom is -0.512 e. The second-order valence-electron chi connectivity index (χ2n) is 18.7. The Bertz CT molecular complexity index is 2210.